The number of rotatable bonds is 6. The summed E-state index contributed by atoms with van der Waals surface area (Å²) in [4.78, 5) is 23.1. The van der Waals surface area contributed by atoms with Crippen LogP contribution in [-0.4, -0.2) is 34.7 Å². The molecule has 0 aliphatic carbocycles. The Bertz CT molecular complexity index is 761. The van der Waals surface area contributed by atoms with Gasteiger partial charge >= 0.3 is 0 Å². The summed E-state index contributed by atoms with van der Waals surface area (Å²) in [5.41, 5.74) is 0.868. The second kappa shape index (κ2) is 9.17. The summed E-state index contributed by atoms with van der Waals surface area (Å²) in [6, 6.07) is 8.07. The van der Waals surface area contributed by atoms with Gasteiger partial charge in [0.1, 0.15) is 23.0 Å². The fraction of sp³-hybridized carbons (Fsp3) is 0.450. The van der Waals surface area contributed by atoms with Crippen LogP contribution in [0.15, 0.2) is 41.7 Å². The van der Waals surface area contributed by atoms with E-state index in [1.165, 1.54) is 30.3 Å². The fourth-order valence-electron chi connectivity index (χ4n) is 3.43. The van der Waals surface area contributed by atoms with Gasteiger partial charge in [0.25, 0.3) is 0 Å². The molecule has 2 atom stereocenters. The van der Waals surface area contributed by atoms with E-state index in [1.807, 2.05) is 6.07 Å². The van der Waals surface area contributed by atoms with Crippen molar-refractivity contribution in [3.63, 3.8) is 0 Å². The number of aromatic nitrogens is 2. The Balaban J connectivity index is 1.50. The van der Waals surface area contributed by atoms with Gasteiger partial charge in [-0.1, -0.05) is 37.7 Å². The maximum atomic E-state index is 12.9. The van der Waals surface area contributed by atoms with E-state index < -0.39 is 0 Å². The highest BCUT2D eigenvalue weighted by molar-refractivity contribution is 7.99. The van der Waals surface area contributed by atoms with Gasteiger partial charge < -0.3 is 10.2 Å². The van der Waals surface area contributed by atoms with E-state index in [9.17, 15) is 9.18 Å². The highest BCUT2D eigenvalue weighted by Crippen LogP contribution is 2.26. The number of halogens is 1. The zero-order chi connectivity index (χ0) is 19.2. The van der Waals surface area contributed by atoms with Crippen molar-refractivity contribution in [3.05, 3.63) is 48.0 Å². The first-order valence-corrected chi connectivity index (χ1v) is 10.2. The molecular formula is C20H25FN4OS. The van der Waals surface area contributed by atoms with Crippen molar-refractivity contribution in [1.82, 2.24) is 15.3 Å². The molecule has 1 fully saturated rings. The summed E-state index contributed by atoms with van der Waals surface area (Å²) in [6.45, 7) is 6.93. The van der Waals surface area contributed by atoms with Crippen LogP contribution >= 0.6 is 11.8 Å². The van der Waals surface area contributed by atoms with E-state index in [0.717, 1.165) is 29.5 Å². The van der Waals surface area contributed by atoms with Gasteiger partial charge in [-0.3, -0.25) is 4.79 Å². The number of thioether (sulfide) groups is 1. The molecule has 0 saturated carbocycles. The first kappa shape index (κ1) is 19.6. The summed E-state index contributed by atoms with van der Waals surface area (Å²) < 4.78 is 12.9. The Labute approximate surface area is 163 Å². The highest BCUT2D eigenvalue weighted by atomic mass is 32.2. The predicted octanol–water partition coefficient (Wildman–Crippen LogP) is 3.51. The van der Waals surface area contributed by atoms with Crippen LogP contribution in [0.2, 0.25) is 0 Å². The SMILES string of the molecule is C[C@@H]1C[C@H](C)CN(c2cc(SCC(=O)NCc3ccc(F)cc3)ncn2)C1. The topological polar surface area (TPSA) is 58.1 Å². The zero-order valence-electron chi connectivity index (χ0n) is 15.7. The number of hydrogen-bond donors (Lipinski definition) is 1. The third-order valence-electron chi connectivity index (χ3n) is 4.57. The van der Waals surface area contributed by atoms with Crippen LogP contribution in [0.4, 0.5) is 10.2 Å². The number of anilines is 1. The molecule has 0 radical (unpaired) electrons. The molecule has 1 aliphatic rings. The van der Waals surface area contributed by atoms with Crippen molar-refractivity contribution in [1.29, 1.82) is 0 Å². The average Bonchev–Trinajstić information content (AvgIpc) is 2.65. The number of benzene rings is 1. The molecule has 1 saturated heterocycles. The Hall–Kier alpha value is -2.15. The summed E-state index contributed by atoms with van der Waals surface area (Å²) in [5, 5.41) is 3.64. The molecule has 0 spiro atoms. The molecule has 1 aromatic heterocycles. The average molecular weight is 389 g/mol. The minimum absolute atomic E-state index is 0.0790. The van der Waals surface area contributed by atoms with Gasteiger partial charge in [-0.15, -0.1) is 0 Å². The van der Waals surface area contributed by atoms with Crippen molar-refractivity contribution in [3.8, 4) is 0 Å². The van der Waals surface area contributed by atoms with Gasteiger partial charge in [0.15, 0.2) is 0 Å². The van der Waals surface area contributed by atoms with E-state index in [2.05, 4.69) is 34.0 Å². The lowest BCUT2D eigenvalue weighted by molar-refractivity contribution is -0.118. The smallest absolute Gasteiger partial charge is 0.230 e. The molecule has 27 heavy (non-hydrogen) atoms. The lowest BCUT2D eigenvalue weighted by atomic mass is 9.92. The summed E-state index contributed by atoms with van der Waals surface area (Å²) in [6.07, 6.45) is 2.81. The molecule has 5 nitrogen and oxygen atoms in total. The molecular weight excluding hydrogens is 363 g/mol. The molecule has 1 aromatic carbocycles. The Morgan fingerprint density at radius 3 is 2.63 bits per heavy atom. The molecule has 1 aliphatic heterocycles. The van der Waals surface area contributed by atoms with Gasteiger partial charge in [0, 0.05) is 25.7 Å². The third kappa shape index (κ3) is 5.92. The monoisotopic (exact) mass is 388 g/mol. The number of piperidine rings is 1. The number of amides is 1. The largest absolute Gasteiger partial charge is 0.356 e. The fourth-order valence-corrected chi connectivity index (χ4v) is 4.12. The normalized spacial score (nSPS) is 19.7. The summed E-state index contributed by atoms with van der Waals surface area (Å²) >= 11 is 1.40. The first-order valence-electron chi connectivity index (χ1n) is 9.20. The second-order valence-electron chi connectivity index (χ2n) is 7.26. The molecule has 2 heterocycles. The van der Waals surface area contributed by atoms with Crippen LogP contribution in [0.1, 0.15) is 25.8 Å². The maximum Gasteiger partial charge on any atom is 0.230 e. The predicted molar refractivity (Wildman–Crippen MR) is 106 cm³/mol. The number of carbonyl (C=O) groups is 1. The van der Waals surface area contributed by atoms with Crippen LogP contribution < -0.4 is 10.2 Å². The Kier molecular flexibility index (Phi) is 6.66. The van der Waals surface area contributed by atoms with E-state index in [0.29, 0.717) is 18.4 Å². The Morgan fingerprint density at radius 1 is 1.22 bits per heavy atom. The molecule has 2 aromatic rings. The molecule has 0 bridgehead atoms. The summed E-state index contributed by atoms with van der Waals surface area (Å²) in [5.74, 6) is 2.15. The van der Waals surface area contributed by atoms with Crippen LogP contribution in [0.25, 0.3) is 0 Å². The van der Waals surface area contributed by atoms with Crippen LogP contribution in [0.3, 0.4) is 0 Å². The van der Waals surface area contributed by atoms with Crippen LogP contribution in [0.5, 0.6) is 0 Å². The van der Waals surface area contributed by atoms with Crippen LogP contribution in [-0.2, 0) is 11.3 Å². The summed E-state index contributed by atoms with van der Waals surface area (Å²) in [7, 11) is 0. The lowest BCUT2D eigenvalue weighted by Gasteiger charge is -2.35. The van der Waals surface area contributed by atoms with Gasteiger partial charge in [0.2, 0.25) is 5.91 Å². The van der Waals surface area contributed by atoms with Gasteiger partial charge in [-0.2, -0.15) is 0 Å². The minimum atomic E-state index is -0.280. The second-order valence-corrected chi connectivity index (χ2v) is 8.25. The molecule has 1 N–H and O–H groups in total. The highest BCUT2D eigenvalue weighted by Gasteiger charge is 2.23. The van der Waals surface area contributed by atoms with Gasteiger partial charge in [-0.05, 0) is 36.0 Å². The molecule has 1 amide bonds. The van der Waals surface area contributed by atoms with E-state index in [4.69, 9.17) is 0 Å². The van der Waals surface area contributed by atoms with E-state index in [1.54, 1.807) is 18.5 Å². The quantitative estimate of drug-likeness (QED) is 0.606. The van der Waals surface area contributed by atoms with Crippen molar-refractivity contribution in [2.45, 2.75) is 31.8 Å². The molecule has 3 rings (SSSR count). The van der Waals surface area contributed by atoms with Crippen molar-refractivity contribution in [2.24, 2.45) is 11.8 Å². The standard InChI is InChI=1S/C20H25FN4OS/c1-14-7-15(2)11-25(10-14)18-8-20(24-13-23-18)27-12-19(26)22-9-16-3-5-17(21)6-4-16/h3-6,8,13-15H,7,9-12H2,1-2H3,(H,22,26)/t14-,15+. The molecule has 7 heteroatoms. The number of carbonyl (C=O) groups excluding carboxylic acids is 1. The molecule has 0 unspecified atom stereocenters. The molecule has 144 valence electrons. The van der Waals surface area contributed by atoms with Crippen molar-refractivity contribution < 1.29 is 9.18 Å². The Morgan fingerprint density at radius 2 is 1.93 bits per heavy atom. The number of hydrogen-bond acceptors (Lipinski definition) is 5. The first-order chi connectivity index (χ1) is 13.0. The number of nitrogens with one attached hydrogen (secondary N) is 1. The maximum absolute atomic E-state index is 12.9. The van der Waals surface area contributed by atoms with Gasteiger partial charge in [-0.25, -0.2) is 14.4 Å². The van der Waals surface area contributed by atoms with Gasteiger partial charge in [0.05, 0.1) is 5.75 Å². The number of nitrogens with zero attached hydrogens (tertiary/aromatic N) is 3. The van der Waals surface area contributed by atoms with E-state index >= 15 is 0 Å². The third-order valence-corrected chi connectivity index (χ3v) is 5.50. The zero-order valence-corrected chi connectivity index (χ0v) is 16.5. The van der Waals surface area contributed by atoms with Crippen molar-refractivity contribution >= 4 is 23.5 Å². The van der Waals surface area contributed by atoms with E-state index in [-0.39, 0.29) is 17.5 Å². The van der Waals surface area contributed by atoms with Crippen molar-refractivity contribution in [2.75, 3.05) is 23.7 Å². The lowest BCUT2D eigenvalue weighted by Crippen LogP contribution is -2.39. The van der Waals surface area contributed by atoms with Crippen LogP contribution in [0, 0.1) is 17.7 Å². The minimum Gasteiger partial charge on any atom is -0.356 e.